The van der Waals surface area contributed by atoms with Gasteiger partial charge >= 0.3 is 0 Å². The van der Waals surface area contributed by atoms with E-state index in [4.69, 9.17) is 0 Å². The first-order valence-corrected chi connectivity index (χ1v) is 10.1. The molecule has 144 valence electrons. The highest BCUT2D eigenvalue weighted by Gasteiger charge is 2.19. The van der Waals surface area contributed by atoms with Crippen molar-refractivity contribution in [3.8, 4) is 22.3 Å². The van der Waals surface area contributed by atoms with Crippen molar-refractivity contribution in [2.75, 3.05) is 14.1 Å². The van der Waals surface area contributed by atoms with Crippen LogP contribution in [0.4, 0.5) is 0 Å². The number of aryl methyl sites for hydroxylation is 1. The lowest BCUT2D eigenvalue weighted by Crippen LogP contribution is -2.22. The third-order valence-electron chi connectivity index (χ3n) is 5.52. The maximum atomic E-state index is 2.31. The molecule has 0 fully saturated rings. The van der Waals surface area contributed by atoms with Crippen molar-refractivity contribution < 1.29 is 0 Å². The van der Waals surface area contributed by atoms with E-state index in [1.807, 2.05) is 0 Å². The van der Waals surface area contributed by atoms with E-state index in [9.17, 15) is 0 Å². The lowest BCUT2D eigenvalue weighted by atomic mass is 9.90. The Morgan fingerprint density at radius 3 is 1.55 bits per heavy atom. The normalized spacial score (nSPS) is 12.1. The molecule has 4 aromatic rings. The quantitative estimate of drug-likeness (QED) is 0.363. The second-order valence-corrected chi connectivity index (χ2v) is 7.79. The predicted molar refractivity (Wildman–Crippen MR) is 124 cm³/mol. The van der Waals surface area contributed by atoms with Crippen molar-refractivity contribution in [1.82, 2.24) is 4.90 Å². The molecule has 0 N–H and O–H groups in total. The van der Waals surface area contributed by atoms with Crippen LogP contribution in [0.5, 0.6) is 0 Å². The standard InChI is InChI=1S/C28H27N/c1-21-20-26(23-12-8-5-9-13-23)18-19-27(21)28(29(2)3)25-16-14-24(15-17-25)22-10-6-4-7-11-22/h4-20,28H,1-3H3/t28-/m0/s1. The molecule has 0 aliphatic rings. The Morgan fingerprint density at radius 1 is 0.552 bits per heavy atom. The molecule has 0 amide bonds. The lowest BCUT2D eigenvalue weighted by molar-refractivity contribution is 0.341. The molecule has 0 aromatic heterocycles. The molecule has 4 aromatic carbocycles. The first kappa shape index (κ1) is 19.2. The fourth-order valence-electron chi connectivity index (χ4n) is 4.04. The van der Waals surface area contributed by atoms with E-state index in [1.165, 1.54) is 38.9 Å². The Labute approximate surface area is 174 Å². The molecular weight excluding hydrogens is 350 g/mol. The van der Waals surface area contributed by atoms with Crippen molar-refractivity contribution >= 4 is 0 Å². The smallest absolute Gasteiger partial charge is 0.0599 e. The van der Waals surface area contributed by atoms with Crippen LogP contribution in [0, 0.1) is 6.92 Å². The van der Waals surface area contributed by atoms with E-state index >= 15 is 0 Å². The third kappa shape index (κ3) is 4.16. The Kier molecular flexibility index (Phi) is 5.59. The highest BCUT2D eigenvalue weighted by Crippen LogP contribution is 2.33. The van der Waals surface area contributed by atoms with Crippen LogP contribution in [0.15, 0.2) is 103 Å². The minimum Gasteiger partial charge on any atom is -0.299 e. The maximum Gasteiger partial charge on any atom is 0.0599 e. The summed E-state index contributed by atoms with van der Waals surface area (Å²) in [5.74, 6) is 0. The number of hydrogen-bond donors (Lipinski definition) is 0. The summed E-state index contributed by atoms with van der Waals surface area (Å²) in [6, 6.07) is 37.2. The fourth-order valence-corrected chi connectivity index (χ4v) is 4.04. The van der Waals surface area contributed by atoms with Crippen LogP contribution in [-0.4, -0.2) is 19.0 Å². The van der Waals surface area contributed by atoms with Gasteiger partial charge in [0.25, 0.3) is 0 Å². The molecule has 1 nitrogen and oxygen atoms in total. The van der Waals surface area contributed by atoms with E-state index in [-0.39, 0.29) is 6.04 Å². The van der Waals surface area contributed by atoms with Gasteiger partial charge < -0.3 is 0 Å². The Bertz CT molecular complexity index is 1060. The van der Waals surface area contributed by atoms with Gasteiger partial charge in [-0.15, -0.1) is 0 Å². The summed E-state index contributed by atoms with van der Waals surface area (Å²) in [4.78, 5) is 2.29. The van der Waals surface area contributed by atoms with Crippen LogP contribution in [-0.2, 0) is 0 Å². The van der Waals surface area contributed by atoms with Crippen LogP contribution in [0.1, 0.15) is 22.7 Å². The number of nitrogens with zero attached hydrogens (tertiary/aromatic N) is 1. The molecule has 0 saturated carbocycles. The molecular formula is C28H27N. The molecule has 0 aliphatic heterocycles. The van der Waals surface area contributed by atoms with Crippen molar-refractivity contribution in [3.05, 3.63) is 120 Å². The Morgan fingerprint density at radius 2 is 1.03 bits per heavy atom. The largest absolute Gasteiger partial charge is 0.299 e. The van der Waals surface area contributed by atoms with Crippen LogP contribution >= 0.6 is 0 Å². The summed E-state index contributed by atoms with van der Waals surface area (Å²) in [5, 5.41) is 0. The summed E-state index contributed by atoms with van der Waals surface area (Å²) in [6.07, 6.45) is 0. The first-order valence-electron chi connectivity index (χ1n) is 10.1. The number of rotatable bonds is 5. The number of benzene rings is 4. The van der Waals surface area contributed by atoms with E-state index in [0.29, 0.717) is 0 Å². The summed E-state index contributed by atoms with van der Waals surface area (Å²) in [6.45, 7) is 2.22. The molecule has 4 rings (SSSR count). The molecule has 0 aliphatic carbocycles. The molecule has 0 saturated heterocycles. The first-order chi connectivity index (χ1) is 14.1. The molecule has 0 unspecified atom stereocenters. The predicted octanol–water partition coefficient (Wildman–Crippen LogP) is 6.98. The van der Waals surface area contributed by atoms with Gasteiger partial charge in [0.15, 0.2) is 0 Å². The van der Waals surface area contributed by atoms with Gasteiger partial charge in [-0.2, -0.15) is 0 Å². The van der Waals surface area contributed by atoms with E-state index in [0.717, 1.165) is 0 Å². The summed E-state index contributed by atoms with van der Waals surface area (Å²) in [7, 11) is 4.31. The van der Waals surface area contributed by atoms with Crippen LogP contribution in [0.25, 0.3) is 22.3 Å². The SMILES string of the molecule is Cc1cc(-c2ccccc2)ccc1[C@H](c1ccc(-c2ccccc2)cc1)N(C)C. The van der Waals surface area contributed by atoms with Crippen LogP contribution < -0.4 is 0 Å². The van der Waals surface area contributed by atoms with Gasteiger partial charge in [-0.3, -0.25) is 4.90 Å². The second kappa shape index (κ2) is 8.46. The molecule has 0 radical (unpaired) electrons. The minimum absolute atomic E-state index is 0.227. The Balaban J connectivity index is 1.68. The van der Waals surface area contributed by atoms with E-state index in [2.05, 4.69) is 129 Å². The van der Waals surface area contributed by atoms with Crippen molar-refractivity contribution in [2.45, 2.75) is 13.0 Å². The Hall–Kier alpha value is -3.16. The summed E-state index contributed by atoms with van der Waals surface area (Å²) >= 11 is 0. The summed E-state index contributed by atoms with van der Waals surface area (Å²) < 4.78 is 0. The van der Waals surface area contributed by atoms with E-state index < -0.39 is 0 Å². The minimum atomic E-state index is 0.227. The van der Waals surface area contributed by atoms with Crippen molar-refractivity contribution in [3.63, 3.8) is 0 Å². The van der Waals surface area contributed by atoms with Gasteiger partial charge in [0.05, 0.1) is 6.04 Å². The summed E-state index contributed by atoms with van der Waals surface area (Å²) in [5.41, 5.74) is 9.01. The zero-order chi connectivity index (χ0) is 20.2. The van der Waals surface area contributed by atoms with Crippen LogP contribution in [0.2, 0.25) is 0 Å². The topological polar surface area (TPSA) is 3.24 Å². The zero-order valence-electron chi connectivity index (χ0n) is 17.3. The highest BCUT2D eigenvalue weighted by atomic mass is 15.1. The monoisotopic (exact) mass is 377 g/mol. The van der Waals surface area contributed by atoms with Gasteiger partial charge in [-0.1, -0.05) is 103 Å². The fraction of sp³-hybridized carbons (Fsp3) is 0.143. The van der Waals surface area contributed by atoms with Gasteiger partial charge in [0.1, 0.15) is 0 Å². The molecule has 1 heteroatoms. The van der Waals surface area contributed by atoms with Gasteiger partial charge in [-0.25, -0.2) is 0 Å². The van der Waals surface area contributed by atoms with Gasteiger partial charge in [0.2, 0.25) is 0 Å². The molecule has 1 atom stereocenters. The number of hydrogen-bond acceptors (Lipinski definition) is 1. The van der Waals surface area contributed by atoms with Crippen molar-refractivity contribution in [2.24, 2.45) is 0 Å². The van der Waals surface area contributed by atoms with Crippen LogP contribution in [0.3, 0.4) is 0 Å². The molecule has 0 spiro atoms. The lowest BCUT2D eigenvalue weighted by Gasteiger charge is -2.27. The average Bonchev–Trinajstić information content (AvgIpc) is 2.76. The van der Waals surface area contributed by atoms with Crippen molar-refractivity contribution in [1.29, 1.82) is 0 Å². The molecule has 0 heterocycles. The van der Waals surface area contributed by atoms with Gasteiger partial charge in [-0.05, 0) is 60.0 Å². The highest BCUT2D eigenvalue weighted by molar-refractivity contribution is 5.66. The maximum absolute atomic E-state index is 2.31. The average molecular weight is 378 g/mol. The molecule has 0 bridgehead atoms. The zero-order valence-corrected chi connectivity index (χ0v) is 17.3. The second-order valence-electron chi connectivity index (χ2n) is 7.79. The molecule has 29 heavy (non-hydrogen) atoms. The third-order valence-corrected chi connectivity index (χ3v) is 5.52. The van der Waals surface area contributed by atoms with Gasteiger partial charge in [0, 0.05) is 0 Å². The van der Waals surface area contributed by atoms with E-state index in [1.54, 1.807) is 0 Å².